The fourth-order valence-electron chi connectivity index (χ4n) is 0.783. The van der Waals surface area contributed by atoms with Crippen molar-refractivity contribution >= 4 is 23.5 Å². The molecule has 8 heavy (non-hydrogen) atoms. The zero-order chi connectivity index (χ0) is 5.28. The van der Waals surface area contributed by atoms with Gasteiger partial charge in [-0.2, -0.15) is 0 Å². The summed E-state index contributed by atoms with van der Waals surface area (Å²) in [5.41, 5.74) is 0. The maximum absolute atomic E-state index is 10.5. The maximum Gasteiger partial charge on any atom is 0.222 e. The molecule has 1 saturated heterocycles. The molecule has 4 radical (unpaired) electrons. The second kappa shape index (κ2) is 3.12. The van der Waals surface area contributed by atoms with Crippen molar-refractivity contribution in [1.82, 2.24) is 4.90 Å². The number of likely N-dealkylation sites (tertiary alicyclic amines) is 1. The number of rotatable bonds is 0. The minimum atomic E-state index is 0. The number of carbonyl (C=O) groups excluding carboxylic acids is 1. The number of nitrogens with zero attached hydrogens (tertiary/aromatic N) is 1. The number of hydrogen-bond acceptors (Lipinski definition) is 1. The Balaban J connectivity index is 0.000000490. The van der Waals surface area contributed by atoms with Gasteiger partial charge in [0.2, 0.25) is 5.91 Å². The van der Waals surface area contributed by atoms with E-state index in [4.69, 9.17) is 0 Å². The average Bonchev–Trinajstić information content (AvgIpc) is 1.91. The third-order valence-corrected chi connectivity index (χ3v) is 1.31. The zero-order valence-electron chi connectivity index (χ0n) is 4.98. The molecule has 0 atom stereocenters. The van der Waals surface area contributed by atoms with Gasteiger partial charge in [-0.25, -0.2) is 0 Å². The Morgan fingerprint density at radius 3 is 2.38 bits per heavy atom. The van der Waals surface area contributed by atoms with Crippen molar-refractivity contribution in [3.8, 4) is 0 Å². The van der Waals surface area contributed by atoms with Crippen LogP contribution in [-0.2, 0) is 4.79 Å². The van der Waals surface area contributed by atoms with Crippen molar-refractivity contribution in [2.75, 3.05) is 13.6 Å². The van der Waals surface area contributed by atoms with Crippen LogP contribution in [0.2, 0.25) is 0 Å². The van der Waals surface area contributed by atoms with Crippen LogP contribution in [-0.4, -0.2) is 42.0 Å². The summed E-state index contributed by atoms with van der Waals surface area (Å²) in [4.78, 5) is 12.3. The van der Waals surface area contributed by atoms with E-state index in [-0.39, 0.29) is 17.6 Å². The van der Waals surface area contributed by atoms with Crippen LogP contribution in [0.3, 0.4) is 0 Å². The van der Waals surface area contributed by atoms with Crippen LogP contribution in [0.15, 0.2) is 0 Å². The van der Waals surface area contributed by atoms with Crippen LogP contribution in [0, 0.1) is 0 Å². The smallest absolute Gasteiger partial charge is 0.222 e. The van der Waals surface area contributed by atoms with Gasteiger partial charge in [0.15, 0.2) is 0 Å². The molecule has 0 bridgehead atoms. The van der Waals surface area contributed by atoms with Crippen LogP contribution in [0.4, 0.5) is 0 Å². The van der Waals surface area contributed by atoms with E-state index in [1.54, 1.807) is 4.90 Å². The molecular formula is C5H9GeNO. The van der Waals surface area contributed by atoms with Crippen LogP contribution in [0.25, 0.3) is 0 Å². The summed E-state index contributed by atoms with van der Waals surface area (Å²) in [5.74, 6) is 0.292. The zero-order valence-corrected chi connectivity index (χ0v) is 7.07. The molecule has 0 aromatic rings. The first-order valence-corrected chi connectivity index (χ1v) is 2.54. The Morgan fingerprint density at radius 1 is 1.62 bits per heavy atom. The molecule has 0 N–H and O–H groups in total. The van der Waals surface area contributed by atoms with Gasteiger partial charge in [-0.1, -0.05) is 0 Å². The molecule has 0 aliphatic carbocycles. The van der Waals surface area contributed by atoms with E-state index in [1.807, 2.05) is 7.05 Å². The van der Waals surface area contributed by atoms with E-state index in [0.717, 1.165) is 19.4 Å². The molecule has 1 fully saturated rings. The molecule has 0 unspecified atom stereocenters. The SMILES string of the molecule is CN1CCCC1=O.[Ge]. The Bertz CT molecular complexity index is 94.4. The minimum absolute atomic E-state index is 0. The number of carbonyl (C=O) groups is 1. The van der Waals surface area contributed by atoms with Crippen LogP contribution in [0.1, 0.15) is 12.8 Å². The molecule has 2 nitrogen and oxygen atoms in total. The first kappa shape index (κ1) is 8.01. The van der Waals surface area contributed by atoms with Gasteiger partial charge in [-0.05, 0) is 6.42 Å². The normalized spacial score (nSPS) is 18.6. The van der Waals surface area contributed by atoms with Gasteiger partial charge < -0.3 is 4.90 Å². The van der Waals surface area contributed by atoms with Gasteiger partial charge in [0.1, 0.15) is 0 Å². The summed E-state index contributed by atoms with van der Waals surface area (Å²) >= 11 is 0. The van der Waals surface area contributed by atoms with Gasteiger partial charge >= 0.3 is 0 Å². The van der Waals surface area contributed by atoms with Crippen LogP contribution in [0.5, 0.6) is 0 Å². The van der Waals surface area contributed by atoms with E-state index in [9.17, 15) is 4.79 Å². The van der Waals surface area contributed by atoms with Crippen molar-refractivity contribution in [1.29, 1.82) is 0 Å². The molecule has 0 spiro atoms. The Kier molecular flexibility index (Phi) is 3.13. The van der Waals surface area contributed by atoms with Crippen molar-refractivity contribution < 1.29 is 4.79 Å². The Morgan fingerprint density at radius 2 is 2.25 bits per heavy atom. The first-order valence-electron chi connectivity index (χ1n) is 2.54. The first-order chi connectivity index (χ1) is 3.30. The van der Waals surface area contributed by atoms with Gasteiger partial charge in [0, 0.05) is 37.6 Å². The minimum Gasteiger partial charge on any atom is -0.346 e. The van der Waals surface area contributed by atoms with Crippen molar-refractivity contribution in [2.45, 2.75) is 12.8 Å². The van der Waals surface area contributed by atoms with E-state index in [0.29, 0.717) is 5.91 Å². The molecule has 0 aromatic carbocycles. The molecule has 1 heterocycles. The topological polar surface area (TPSA) is 20.3 Å². The molecule has 0 aromatic heterocycles. The third-order valence-electron chi connectivity index (χ3n) is 1.31. The van der Waals surface area contributed by atoms with E-state index in [2.05, 4.69) is 0 Å². The van der Waals surface area contributed by atoms with E-state index in [1.165, 1.54) is 0 Å². The molecule has 1 amide bonds. The maximum atomic E-state index is 10.5. The van der Waals surface area contributed by atoms with Gasteiger partial charge in [0.05, 0.1) is 0 Å². The molecule has 0 saturated carbocycles. The van der Waals surface area contributed by atoms with E-state index >= 15 is 0 Å². The van der Waals surface area contributed by atoms with Crippen LogP contribution >= 0.6 is 0 Å². The summed E-state index contributed by atoms with van der Waals surface area (Å²) in [6, 6.07) is 0. The summed E-state index contributed by atoms with van der Waals surface area (Å²) in [7, 11) is 1.84. The summed E-state index contributed by atoms with van der Waals surface area (Å²) in [5, 5.41) is 0. The largest absolute Gasteiger partial charge is 0.346 e. The molecule has 1 aliphatic heterocycles. The number of amides is 1. The monoisotopic (exact) mass is 173 g/mol. The summed E-state index contributed by atoms with van der Waals surface area (Å²) < 4.78 is 0. The fourth-order valence-corrected chi connectivity index (χ4v) is 0.783. The number of hydrogen-bond donors (Lipinski definition) is 0. The van der Waals surface area contributed by atoms with Gasteiger partial charge in [-0.3, -0.25) is 4.79 Å². The van der Waals surface area contributed by atoms with E-state index < -0.39 is 0 Å². The summed E-state index contributed by atoms with van der Waals surface area (Å²) in [6.45, 7) is 0.957. The molecular weight excluding hydrogens is 163 g/mol. The standard InChI is InChI=1S/C5H9NO.Ge/c1-6-4-2-3-5(6)7;/h2-4H2,1H3;. The van der Waals surface area contributed by atoms with Gasteiger partial charge in [0.25, 0.3) is 0 Å². The predicted molar refractivity (Wildman–Crippen MR) is 32.6 cm³/mol. The van der Waals surface area contributed by atoms with Crippen molar-refractivity contribution in [3.63, 3.8) is 0 Å². The average molecular weight is 172 g/mol. The second-order valence-electron chi connectivity index (χ2n) is 1.92. The second-order valence-corrected chi connectivity index (χ2v) is 1.92. The summed E-state index contributed by atoms with van der Waals surface area (Å²) in [6.07, 6.45) is 1.81. The van der Waals surface area contributed by atoms with Crippen LogP contribution < -0.4 is 0 Å². The Hall–Kier alpha value is 0.0129. The van der Waals surface area contributed by atoms with Crippen molar-refractivity contribution in [2.24, 2.45) is 0 Å². The third kappa shape index (κ3) is 1.51. The molecule has 1 aliphatic rings. The quantitative estimate of drug-likeness (QED) is 0.465. The molecule has 44 valence electrons. The van der Waals surface area contributed by atoms with Crippen molar-refractivity contribution in [3.05, 3.63) is 0 Å². The molecule has 1 rings (SSSR count). The Labute approximate surface area is 60.2 Å². The predicted octanol–water partition coefficient (Wildman–Crippen LogP) is -0.142. The van der Waals surface area contributed by atoms with Gasteiger partial charge in [-0.15, -0.1) is 0 Å². The fraction of sp³-hybridized carbons (Fsp3) is 0.800. The molecule has 3 heteroatoms.